The molecule has 1 aliphatic carbocycles. The summed E-state index contributed by atoms with van der Waals surface area (Å²) in [6.45, 7) is 8.07. The second-order valence-electron chi connectivity index (χ2n) is 7.20. The quantitative estimate of drug-likeness (QED) is 0.771. The van der Waals surface area contributed by atoms with Crippen molar-refractivity contribution < 1.29 is 4.79 Å². The Labute approximate surface area is 157 Å². The summed E-state index contributed by atoms with van der Waals surface area (Å²) in [5, 5.41) is 3.11. The second kappa shape index (κ2) is 9.00. The van der Waals surface area contributed by atoms with E-state index in [1.165, 1.54) is 22.3 Å². The van der Waals surface area contributed by atoms with E-state index in [0.29, 0.717) is 18.9 Å². The van der Waals surface area contributed by atoms with Gasteiger partial charge in [0.25, 0.3) is 0 Å². The fraction of sp³-hybridized carbons (Fsp3) is 0.435. The first-order chi connectivity index (χ1) is 12.7. The molecule has 0 saturated carbocycles. The summed E-state index contributed by atoms with van der Waals surface area (Å²) in [5.41, 5.74) is 5.26. The van der Waals surface area contributed by atoms with Gasteiger partial charge in [-0.3, -0.25) is 9.69 Å². The van der Waals surface area contributed by atoms with Crippen LogP contribution in [0.1, 0.15) is 54.9 Å². The van der Waals surface area contributed by atoms with Gasteiger partial charge in [-0.2, -0.15) is 0 Å². The first-order valence-electron chi connectivity index (χ1n) is 9.84. The molecule has 1 aliphatic rings. The summed E-state index contributed by atoms with van der Waals surface area (Å²) in [4.78, 5) is 14.8. The van der Waals surface area contributed by atoms with Crippen LogP contribution in [0, 0.1) is 0 Å². The Morgan fingerprint density at radius 2 is 1.85 bits per heavy atom. The van der Waals surface area contributed by atoms with E-state index < -0.39 is 0 Å². The lowest BCUT2D eigenvalue weighted by molar-refractivity contribution is -0.121. The van der Waals surface area contributed by atoms with E-state index in [1.807, 2.05) is 0 Å². The highest BCUT2D eigenvalue weighted by Crippen LogP contribution is 2.35. The summed E-state index contributed by atoms with van der Waals surface area (Å²) >= 11 is 0. The number of carbonyl (C=O) groups is 1. The standard InChI is InChI=1S/C23H30N2O/c1-3-25(4-2)17-19-9-7-8-18(14-19)16-24-23(26)15-21-13-12-20-10-5-6-11-22(20)21/h5-11,14,21H,3-4,12-13,15-17H2,1-2H3,(H,24,26). The van der Waals surface area contributed by atoms with Crippen molar-refractivity contribution in [1.82, 2.24) is 10.2 Å². The van der Waals surface area contributed by atoms with Crippen LogP contribution in [0.25, 0.3) is 0 Å². The molecule has 26 heavy (non-hydrogen) atoms. The van der Waals surface area contributed by atoms with Crippen LogP contribution in [-0.2, 0) is 24.3 Å². The number of benzene rings is 2. The average molecular weight is 351 g/mol. The van der Waals surface area contributed by atoms with Crippen LogP contribution >= 0.6 is 0 Å². The van der Waals surface area contributed by atoms with Crippen molar-refractivity contribution in [2.75, 3.05) is 13.1 Å². The fourth-order valence-corrected chi connectivity index (χ4v) is 3.90. The zero-order chi connectivity index (χ0) is 18.4. The molecule has 0 fully saturated rings. The van der Waals surface area contributed by atoms with E-state index in [2.05, 4.69) is 72.6 Å². The maximum atomic E-state index is 12.4. The molecule has 1 atom stereocenters. The van der Waals surface area contributed by atoms with Gasteiger partial charge in [0.15, 0.2) is 0 Å². The fourth-order valence-electron chi connectivity index (χ4n) is 3.90. The number of nitrogens with zero attached hydrogens (tertiary/aromatic N) is 1. The average Bonchev–Trinajstić information content (AvgIpc) is 3.08. The first kappa shape index (κ1) is 18.7. The van der Waals surface area contributed by atoms with Gasteiger partial charge in [0, 0.05) is 19.5 Å². The summed E-state index contributed by atoms with van der Waals surface area (Å²) < 4.78 is 0. The Hall–Kier alpha value is -2.13. The minimum Gasteiger partial charge on any atom is -0.352 e. The predicted octanol–water partition coefficient (Wildman–Crippen LogP) is 4.26. The molecule has 0 saturated heterocycles. The molecular weight excluding hydrogens is 320 g/mol. The van der Waals surface area contributed by atoms with Gasteiger partial charge in [0.2, 0.25) is 5.91 Å². The number of nitrogens with one attached hydrogen (secondary N) is 1. The number of carbonyl (C=O) groups excluding carboxylic acids is 1. The Bertz CT molecular complexity index is 736. The van der Waals surface area contributed by atoms with Crippen LogP contribution in [0.5, 0.6) is 0 Å². The Balaban J connectivity index is 1.52. The van der Waals surface area contributed by atoms with Crippen molar-refractivity contribution in [3.8, 4) is 0 Å². The van der Waals surface area contributed by atoms with Crippen LogP contribution < -0.4 is 5.32 Å². The van der Waals surface area contributed by atoms with Crippen molar-refractivity contribution >= 4 is 5.91 Å². The molecule has 1 unspecified atom stereocenters. The highest BCUT2D eigenvalue weighted by molar-refractivity contribution is 5.77. The normalized spacial score (nSPS) is 15.9. The Morgan fingerprint density at radius 3 is 2.65 bits per heavy atom. The third-order valence-corrected chi connectivity index (χ3v) is 5.47. The first-order valence-corrected chi connectivity index (χ1v) is 9.84. The minimum atomic E-state index is 0.154. The van der Waals surface area contributed by atoms with Gasteiger partial charge in [-0.15, -0.1) is 0 Å². The monoisotopic (exact) mass is 350 g/mol. The SMILES string of the molecule is CCN(CC)Cc1cccc(CNC(=O)CC2CCc3ccccc32)c1. The van der Waals surface area contributed by atoms with E-state index in [0.717, 1.165) is 32.5 Å². The third-order valence-electron chi connectivity index (χ3n) is 5.47. The van der Waals surface area contributed by atoms with Gasteiger partial charge in [0.1, 0.15) is 0 Å². The molecule has 1 amide bonds. The molecule has 3 rings (SSSR count). The molecule has 0 spiro atoms. The molecule has 2 aromatic rings. The zero-order valence-electron chi connectivity index (χ0n) is 16.0. The van der Waals surface area contributed by atoms with Gasteiger partial charge in [-0.05, 0) is 54.1 Å². The number of hydrogen-bond donors (Lipinski definition) is 1. The van der Waals surface area contributed by atoms with Crippen LogP contribution in [0.3, 0.4) is 0 Å². The lowest BCUT2D eigenvalue weighted by atomic mass is 9.97. The maximum absolute atomic E-state index is 12.4. The molecule has 2 aromatic carbocycles. The van der Waals surface area contributed by atoms with Gasteiger partial charge < -0.3 is 5.32 Å². The van der Waals surface area contributed by atoms with Gasteiger partial charge >= 0.3 is 0 Å². The van der Waals surface area contributed by atoms with Crippen LogP contribution in [-0.4, -0.2) is 23.9 Å². The lowest BCUT2D eigenvalue weighted by Crippen LogP contribution is -2.24. The van der Waals surface area contributed by atoms with Gasteiger partial charge in [-0.25, -0.2) is 0 Å². The van der Waals surface area contributed by atoms with Gasteiger partial charge in [0.05, 0.1) is 0 Å². The summed E-state index contributed by atoms with van der Waals surface area (Å²) in [5.74, 6) is 0.529. The minimum absolute atomic E-state index is 0.154. The third kappa shape index (κ3) is 4.73. The number of rotatable bonds is 8. The summed E-state index contributed by atoms with van der Waals surface area (Å²) in [6.07, 6.45) is 2.78. The van der Waals surface area contributed by atoms with Crippen molar-refractivity contribution in [1.29, 1.82) is 0 Å². The molecule has 0 heterocycles. The van der Waals surface area contributed by atoms with E-state index >= 15 is 0 Å². The Morgan fingerprint density at radius 1 is 1.08 bits per heavy atom. The van der Waals surface area contributed by atoms with Crippen molar-refractivity contribution in [3.63, 3.8) is 0 Å². The molecule has 1 N–H and O–H groups in total. The van der Waals surface area contributed by atoms with E-state index in [-0.39, 0.29) is 5.91 Å². The van der Waals surface area contributed by atoms with Crippen LogP contribution in [0.15, 0.2) is 48.5 Å². The van der Waals surface area contributed by atoms with Crippen LogP contribution in [0.4, 0.5) is 0 Å². The second-order valence-corrected chi connectivity index (χ2v) is 7.20. The zero-order valence-corrected chi connectivity index (χ0v) is 16.0. The Kier molecular flexibility index (Phi) is 6.45. The lowest BCUT2D eigenvalue weighted by Gasteiger charge is -2.18. The molecule has 0 aromatic heterocycles. The van der Waals surface area contributed by atoms with Crippen molar-refractivity contribution in [3.05, 3.63) is 70.8 Å². The molecule has 0 aliphatic heterocycles. The molecular formula is C23H30N2O. The van der Waals surface area contributed by atoms with E-state index in [1.54, 1.807) is 0 Å². The number of aryl methyl sites for hydroxylation is 1. The maximum Gasteiger partial charge on any atom is 0.220 e. The van der Waals surface area contributed by atoms with Crippen molar-refractivity contribution in [2.45, 2.75) is 52.1 Å². The van der Waals surface area contributed by atoms with Crippen molar-refractivity contribution in [2.24, 2.45) is 0 Å². The molecule has 138 valence electrons. The highest BCUT2D eigenvalue weighted by atomic mass is 16.1. The number of amides is 1. The topological polar surface area (TPSA) is 32.3 Å². The molecule has 0 bridgehead atoms. The van der Waals surface area contributed by atoms with Gasteiger partial charge in [-0.1, -0.05) is 62.4 Å². The largest absolute Gasteiger partial charge is 0.352 e. The summed E-state index contributed by atoms with van der Waals surface area (Å²) in [6, 6.07) is 17.1. The summed E-state index contributed by atoms with van der Waals surface area (Å²) in [7, 11) is 0. The highest BCUT2D eigenvalue weighted by Gasteiger charge is 2.23. The predicted molar refractivity (Wildman–Crippen MR) is 107 cm³/mol. The molecule has 3 nitrogen and oxygen atoms in total. The molecule has 3 heteroatoms. The number of hydrogen-bond acceptors (Lipinski definition) is 2. The smallest absolute Gasteiger partial charge is 0.220 e. The van der Waals surface area contributed by atoms with Crippen LogP contribution in [0.2, 0.25) is 0 Å². The molecule has 0 radical (unpaired) electrons. The van der Waals surface area contributed by atoms with E-state index in [4.69, 9.17) is 0 Å². The van der Waals surface area contributed by atoms with E-state index in [9.17, 15) is 4.79 Å². The number of fused-ring (bicyclic) bond motifs is 1.